The Kier molecular flexibility index (Phi) is 6.52. The maximum atomic E-state index is 11.9. The summed E-state index contributed by atoms with van der Waals surface area (Å²) in [6.07, 6.45) is 0.296. The normalized spacial score (nSPS) is 12.6. The highest BCUT2D eigenvalue weighted by molar-refractivity contribution is 5.94. The first kappa shape index (κ1) is 16.5. The maximum Gasteiger partial charge on any atom is 0.251 e. The van der Waals surface area contributed by atoms with Crippen LogP contribution in [0.25, 0.3) is 0 Å². The van der Waals surface area contributed by atoms with Crippen LogP contribution >= 0.6 is 0 Å². The van der Waals surface area contributed by atoms with E-state index in [1.54, 1.807) is 24.3 Å². The van der Waals surface area contributed by atoms with Crippen LogP contribution in [0.4, 0.5) is 0 Å². The highest BCUT2D eigenvalue weighted by Gasteiger charge is 2.10. The summed E-state index contributed by atoms with van der Waals surface area (Å²) in [6, 6.07) is 7.00. The summed E-state index contributed by atoms with van der Waals surface area (Å²) < 4.78 is 5.52. The van der Waals surface area contributed by atoms with Gasteiger partial charge in [-0.3, -0.25) is 4.79 Å². The van der Waals surface area contributed by atoms with Crippen LogP contribution in [0.5, 0.6) is 5.75 Å². The Hall–Kier alpha value is -1.55. The quantitative estimate of drug-likeness (QED) is 0.806. The van der Waals surface area contributed by atoms with E-state index in [9.17, 15) is 9.90 Å². The van der Waals surface area contributed by atoms with Crippen molar-refractivity contribution in [2.45, 2.75) is 46.3 Å². The molecule has 1 amide bonds. The number of aliphatic hydroxyl groups excluding tert-OH is 1. The number of carbonyl (C=O) groups is 1. The van der Waals surface area contributed by atoms with Crippen molar-refractivity contribution in [2.24, 2.45) is 5.92 Å². The summed E-state index contributed by atoms with van der Waals surface area (Å²) >= 11 is 0. The summed E-state index contributed by atoms with van der Waals surface area (Å²) in [5.74, 6) is 0.981. The van der Waals surface area contributed by atoms with Crippen LogP contribution in [0.15, 0.2) is 24.3 Å². The first-order valence-electron chi connectivity index (χ1n) is 7.11. The second kappa shape index (κ2) is 7.90. The molecule has 2 N–H and O–H groups in total. The molecule has 20 heavy (non-hydrogen) atoms. The van der Waals surface area contributed by atoms with Crippen molar-refractivity contribution in [3.63, 3.8) is 0 Å². The monoisotopic (exact) mass is 279 g/mol. The molecular formula is C16H25NO3. The standard InChI is InChI=1S/C16H25NO3/c1-11(2)9-14(18)10-17-16(19)13-5-7-15(8-6-13)20-12(3)4/h5-8,11-12,14,18H,9-10H2,1-4H3,(H,17,19). The number of hydrogen-bond donors (Lipinski definition) is 2. The Balaban J connectivity index is 2.47. The number of aliphatic hydroxyl groups is 1. The molecule has 4 nitrogen and oxygen atoms in total. The lowest BCUT2D eigenvalue weighted by Gasteiger charge is -2.14. The zero-order chi connectivity index (χ0) is 15.1. The highest BCUT2D eigenvalue weighted by Crippen LogP contribution is 2.13. The highest BCUT2D eigenvalue weighted by atomic mass is 16.5. The minimum atomic E-state index is -0.498. The molecule has 1 rings (SSSR count). The molecule has 0 spiro atoms. The molecule has 0 radical (unpaired) electrons. The average Bonchev–Trinajstić information content (AvgIpc) is 2.35. The van der Waals surface area contributed by atoms with Gasteiger partial charge in [0.2, 0.25) is 0 Å². The number of carbonyl (C=O) groups excluding carboxylic acids is 1. The van der Waals surface area contributed by atoms with Crippen LogP contribution in [-0.4, -0.2) is 29.8 Å². The van der Waals surface area contributed by atoms with Crippen molar-refractivity contribution in [3.8, 4) is 5.75 Å². The first-order valence-corrected chi connectivity index (χ1v) is 7.11. The first-order chi connectivity index (χ1) is 9.38. The minimum absolute atomic E-state index is 0.112. The molecule has 1 unspecified atom stereocenters. The number of ether oxygens (including phenoxy) is 1. The Labute approximate surface area is 121 Å². The predicted molar refractivity (Wildman–Crippen MR) is 80.0 cm³/mol. The Bertz CT molecular complexity index is 412. The van der Waals surface area contributed by atoms with Crippen LogP contribution in [0.3, 0.4) is 0 Å². The third kappa shape index (κ3) is 6.06. The van der Waals surface area contributed by atoms with E-state index in [2.05, 4.69) is 5.32 Å². The van der Waals surface area contributed by atoms with E-state index in [1.165, 1.54) is 0 Å². The topological polar surface area (TPSA) is 58.6 Å². The van der Waals surface area contributed by atoms with Gasteiger partial charge in [0, 0.05) is 12.1 Å². The molecule has 0 aliphatic carbocycles. The fourth-order valence-corrected chi connectivity index (χ4v) is 1.90. The Morgan fingerprint density at radius 2 is 1.80 bits per heavy atom. The zero-order valence-electron chi connectivity index (χ0n) is 12.7. The third-order valence-electron chi connectivity index (χ3n) is 2.73. The van der Waals surface area contributed by atoms with E-state index < -0.39 is 6.10 Å². The lowest BCUT2D eigenvalue weighted by Crippen LogP contribution is -2.32. The summed E-state index contributed by atoms with van der Waals surface area (Å²) in [6.45, 7) is 8.27. The van der Waals surface area contributed by atoms with E-state index in [1.807, 2.05) is 27.7 Å². The third-order valence-corrected chi connectivity index (χ3v) is 2.73. The van der Waals surface area contributed by atoms with Crippen LogP contribution < -0.4 is 10.1 Å². The van der Waals surface area contributed by atoms with Crippen molar-refractivity contribution in [3.05, 3.63) is 29.8 Å². The molecule has 0 aromatic heterocycles. The van der Waals surface area contributed by atoms with Crippen molar-refractivity contribution in [1.82, 2.24) is 5.32 Å². The van der Waals surface area contributed by atoms with Gasteiger partial charge in [0.1, 0.15) is 5.75 Å². The van der Waals surface area contributed by atoms with Gasteiger partial charge in [-0.15, -0.1) is 0 Å². The van der Waals surface area contributed by atoms with Gasteiger partial charge in [-0.2, -0.15) is 0 Å². The van der Waals surface area contributed by atoms with Crippen molar-refractivity contribution < 1.29 is 14.6 Å². The molecule has 1 atom stereocenters. The maximum absolute atomic E-state index is 11.9. The van der Waals surface area contributed by atoms with Gasteiger partial charge >= 0.3 is 0 Å². The van der Waals surface area contributed by atoms with Crippen LogP contribution in [-0.2, 0) is 0 Å². The van der Waals surface area contributed by atoms with Gasteiger partial charge in [-0.1, -0.05) is 13.8 Å². The van der Waals surface area contributed by atoms with Gasteiger partial charge in [0.05, 0.1) is 12.2 Å². The smallest absolute Gasteiger partial charge is 0.251 e. The molecule has 0 saturated heterocycles. The number of benzene rings is 1. The van der Waals surface area contributed by atoms with Gasteiger partial charge in [0.25, 0.3) is 5.91 Å². The minimum Gasteiger partial charge on any atom is -0.491 e. The molecule has 0 aliphatic heterocycles. The molecule has 0 bridgehead atoms. The summed E-state index contributed by atoms with van der Waals surface area (Å²) in [4.78, 5) is 11.9. The molecule has 4 heteroatoms. The number of hydrogen-bond acceptors (Lipinski definition) is 3. The SMILES string of the molecule is CC(C)CC(O)CNC(=O)c1ccc(OC(C)C)cc1. The number of nitrogens with one attached hydrogen (secondary N) is 1. The van der Waals surface area contributed by atoms with Crippen LogP contribution in [0.2, 0.25) is 0 Å². The van der Waals surface area contributed by atoms with Crippen LogP contribution in [0, 0.1) is 5.92 Å². The molecule has 1 aromatic rings. The van der Waals surface area contributed by atoms with Crippen molar-refractivity contribution in [1.29, 1.82) is 0 Å². The van der Waals surface area contributed by atoms with Crippen LogP contribution in [0.1, 0.15) is 44.5 Å². The predicted octanol–water partition coefficient (Wildman–Crippen LogP) is 2.61. The molecule has 0 aliphatic rings. The Morgan fingerprint density at radius 1 is 1.20 bits per heavy atom. The van der Waals surface area contributed by atoms with Crippen molar-refractivity contribution >= 4 is 5.91 Å². The summed E-state index contributed by atoms with van der Waals surface area (Å²) in [7, 11) is 0. The zero-order valence-corrected chi connectivity index (χ0v) is 12.7. The van der Waals surface area contributed by atoms with E-state index in [0.717, 1.165) is 5.75 Å². The van der Waals surface area contributed by atoms with Gasteiger partial charge in [0.15, 0.2) is 0 Å². The molecule has 0 heterocycles. The second-order valence-corrected chi connectivity index (χ2v) is 5.68. The van der Waals surface area contributed by atoms with E-state index >= 15 is 0 Å². The van der Waals surface area contributed by atoms with Gasteiger partial charge < -0.3 is 15.2 Å². The van der Waals surface area contributed by atoms with E-state index in [-0.39, 0.29) is 18.6 Å². The molecule has 1 aromatic carbocycles. The molecule has 112 valence electrons. The average molecular weight is 279 g/mol. The summed E-state index contributed by atoms with van der Waals surface area (Å²) in [5.41, 5.74) is 0.567. The Morgan fingerprint density at radius 3 is 2.30 bits per heavy atom. The molecule has 0 saturated carbocycles. The number of rotatable bonds is 7. The second-order valence-electron chi connectivity index (χ2n) is 5.68. The lowest BCUT2D eigenvalue weighted by molar-refractivity contribution is 0.0900. The fraction of sp³-hybridized carbons (Fsp3) is 0.562. The van der Waals surface area contributed by atoms with Gasteiger partial charge in [-0.05, 0) is 50.5 Å². The molecular weight excluding hydrogens is 254 g/mol. The van der Waals surface area contributed by atoms with Gasteiger partial charge in [-0.25, -0.2) is 0 Å². The fourth-order valence-electron chi connectivity index (χ4n) is 1.90. The van der Waals surface area contributed by atoms with E-state index in [4.69, 9.17) is 4.74 Å². The number of amides is 1. The van der Waals surface area contributed by atoms with E-state index in [0.29, 0.717) is 17.9 Å². The van der Waals surface area contributed by atoms with Crippen molar-refractivity contribution in [2.75, 3.05) is 6.54 Å². The largest absolute Gasteiger partial charge is 0.491 e. The molecule has 0 fully saturated rings. The summed E-state index contributed by atoms with van der Waals surface area (Å²) in [5, 5.41) is 12.5. The lowest BCUT2D eigenvalue weighted by atomic mass is 10.1.